The number of alkyl halides is 1. The van der Waals surface area contributed by atoms with E-state index in [-0.39, 0.29) is 0 Å². The number of fused-ring (bicyclic) bond motifs is 1. The van der Waals surface area contributed by atoms with Crippen LogP contribution in [-0.4, -0.2) is 66.1 Å². The van der Waals surface area contributed by atoms with Crippen molar-refractivity contribution in [2.24, 2.45) is 11.8 Å². The first kappa shape index (κ1) is 14.0. The first-order valence-corrected chi connectivity index (χ1v) is 8.46. The van der Waals surface area contributed by atoms with Crippen LogP contribution in [0, 0.1) is 11.8 Å². The van der Waals surface area contributed by atoms with Crippen LogP contribution in [0.5, 0.6) is 0 Å². The van der Waals surface area contributed by atoms with E-state index in [1.165, 1.54) is 50.2 Å². The highest BCUT2D eigenvalue weighted by atomic mass is 127. The topological polar surface area (TPSA) is 18.5 Å². The summed E-state index contributed by atoms with van der Waals surface area (Å²) in [6.45, 7) is 13.5. The second-order valence-corrected chi connectivity index (χ2v) is 6.88. The van der Waals surface area contributed by atoms with Gasteiger partial charge in [-0.1, -0.05) is 36.4 Å². The zero-order chi connectivity index (χ0) is 12.3. The zero-order valence-electron chi connectivity index (χ0n) is 11.2. The molecule has 0 spiro atoms. The van der Waals surface area contributed by atoms with Crippen molar-refractivity contribution in [3.8, 4) is 0 Å². The predicted molar refractivity (Wildman–Crippen MR) is 81.9 cm³/mol. The molecule has 2 aliphatic heterocycles. The van der Waals surface area contributed by atoms with Crippen molar-refractivity contribution < 1.29 is 0 Å². The summed E-state index contributed by atoms with van der Waals surface area (Å²) in [5, 5.41) is 3.67. The molecule has 2 rings (SSSR count). The molecule has 0 aliphatic carbocycles. The molecule has 100 valence electrons. The molecule has 0 aromatic carbocycles. The molecule has 2 unspecified atom stereocenters. The lowest BCUT2D eigenvalue weighted by molar-refractivity contribution is 0.0740. The minimum absolute atomic E-state index is 0.746. The number of hydrogen-bond donors (Lipinski definition) is 1. The van der Waals surface area contributed by atoms with E-state index in [0.717, 1.165) is 17.9 Å². The Kier molecular flexibility index (Phi) is 5.51. The minimum atomic E-state index is 0.746. The first-order chi connectivity index (χ1) is 8.20. The lowest BCUT2D eigenvalue weighted by Crippen LogP contribution is -2.55. The highest BCUT2D eigenvalue weighted by Crippen LogP contribution is 2.19. The fourth-order valence-corrected chi connectivity index (χ4v) is 3.64. The standard InChI is InChI=1S/C13H26IN3/c1-11(2)12-7-15-8-13-10-16(4-3-14)5-6-17(13)9-12/h11-13,15H,3-10H2,1-2H3. The van der Waals surface area contributed by atoms with Crippen molar-refractivity contribution in [2.45, 2.75) is 19.9 Å². The summed E-state index contributed by atoms with van der Waals surface area (Å²) >= 11 is 2.49. The van der Waals surface area contributed by atoms with Gasteiger partial charge in [0.05, 0.1) is 0 Å². The summed E-state index contributed by atoms with van der Waals surface area (Å²) in [4.78, 5) is 5.36. The molecule has 2 heterocycles. The van der Waals surface area contributed by atoms with Gasteiger partial charge in [-0.15, -0.1) is 0 Å². The van der Waals surface area contributed by atoms with Crippen LogP contribution < -0.4 is 5.32 Å². The van der Waals surface area contributed by atoms with Gasteiger partial charge in [-0.2, -0.15) is 0 Å². The molecule has 0 amide bonds. The third kappa shape index (κ3) is 3.78. The molecule has 3 nitrogen and oxygen atoms in total. The molecule has 4 heteroatoms. The minimum Gasteiger partial charge on any atom is -0.315 e. The number of nitrogens with zero attached hydrogens (tertiary/aromatic N) is 2. The maximum Gasteiger partial charge on any atom is 0.0348 e. The fourth-order valence-electron chi connectivity index (χ4n) is 2.96. The monoisotopic (exact) mass is 351 g/mol. The second-order valence-electron chi connectivity index (χ2n) is 5.80. The molecular weight excluding hydrogens is 325 g/mol. The summed E-state index contributed by atoms with van der Waals surface area (Å²) < 4.78 is 1.26. The van der Waals surface area contributed by atoms with Crippen molar-refractivity contribution in [2.75, 3.05) is 50.2 Å². The van der Waals surface area contributed by atoms with Crippen molar-refractivity contribution in [1.29, 1.82) is 0 Å². The number of rotatable bonds is 3. The molecule has 2 saturated heterocycles. The van der Waals surface area contributed by atoms with Crippen molar-refractivity contribution in [3.63, 3.8) is 0 Å². The van der Waals surface area contributed by atoms with Crippen LogP contribution in [0.1, 0.15) is 13.8 Å². The molecule has 2 atom stereocenters. The lowest BCUT2D eigenvalue weighted by Gasteiger charge is -2.41. The predicted octanol–water partition coefficient (Wildman–Crippen LogP) is 1.28. The molecular formula is C13H26IN3. The average Bonchev–Trinajstić information content (AvgIpc) is 2.51. The lowest BCUT2D eigenvalue weighted by atomic mass is 9.95. The van der Waals surface area contributed by atoms with Crippen LogP contribution in [0.3, 0.4) is 0 Å². The van der Waals surface area contributed by atoms with Gasteiger partial charge < -0.3 is 5.32 Å². The smallest absolute Gasteiger partial charge is 0.0348 e. The average molecular weight is 351 g/mol. The Morgan fingerprint density at radius 2 is 2.06 bits per heavy atom. The van der Waals surface area contributed by atoms with Crippen LogP contribution in [0.15, 0.2) is 0 Å². The van der Waals surface area contributed by atoms with Gasteiger partial charge in [0, 0.05) is 49.7 Å². The largest absolute Gasteiger partial charge is 0.315 e. The number of halogens is 1. The van der Waals surface area contributed by atoms with Crippen LogP contribution in [-0.2, 0) is 0 Å². The molecule has 2 aliphatic rings. The summed E-state index contributed by atoms with van der Waals surface area (Å²) in [7, 11) is 0. The van der Waals surface area contributed by atoms with Gasteiger partial charge >= 0.3 is 0 Å². The molecule has 17 heavy (non-hydrogen) atoms. The number of hydrogen-bond acceptors (Lipinski definition) is 3. The van der Waals surface area contributed by atoms with Crippen LogP contribution >= 0.6 is 22.6 Å². The summed E-state index contributed by atoms with van der Waals surface area (Å²) in [5.74, 6) is 1.63. The highest BCUT2D eigenvalue weighted by Gasteiger charge is 2.31. The van der Waals surface area contributed by atoms with Crippen molar-refractivity contribution in [3.05, 3.63) is 0 Å². The van der Waals surface area contributed by atoms with E-state index >= 15 is 0 Å². The first-order valence-electron chi connectivity index (χ1n) is 6.93. The Hall–Kier alpha value is 0.610. The van der Waals surface area contributed by atoms with E-state index in [1.54, 1.807) is 0 Å². The van der Waals surface area contributed by atoms with E-state index in [4.69, 9.17) is 0 Å². The normalized spacial score (nSPS) is 32.5. The quantitative estimate of drug-likeness (QED) is 0.611. The summed E-state index contributed by atoms with van der Waals surface area (Å²) in [6.07, 6.45) is 0. The Morgan fingerprint density at radius 3 is 2.76 bits per heavy atom. The molecule has 0 aromatic rings. The van der Waals surface area contributed by atoms with Crippen molar-refractivity contribution in [1.82, 2.24) is 15.1 Å². The Morgan fingerprint density at radius 1 is 1.24 bits per heavy atom. The van der Waals surface area contributed by atoms with Crippen LogP contribution in [0.2, 0.25) is 0 Å². The van der Waals surface area contributed by atoms with Gasteiger partial charge in [0.15, 0.2) is 0 Å². The third-order valence-electron chi connectivity index (χ3n) is 4.29. The van der Waals surface area contributed by atoms with Gasteiger partial charge in [-0.25, -0.2) is 0 Å². The van der Waals surface area contributed by atoms with Crippen molar-refractivity contribution >= 4 is 22.6 Å². The van der Waals surface area contributed by atoms with E-state index in [0.29, 0.717) is 0 Å². The van der Waals surface area contributed by atoms with Gasteiger partial charge in [0.1, 0.15) is 0 Å². The van der Waals surface area contributed by atoms with Gasteiger partial charge in [-0.05, 0) is 18.4 Å². The Bertz CT molecular complexity index is 235. The molecule has 2 fully saturated rings. The maximum atomic E-state index is 3.67. The fraction of sp³-hybridized carbons (Fsp3) is 1.00. The van der Waals surface area contributed by atoms with E-state index < -0.39 is 0 Å². The molecule has 0 bridgehead atoms. The second kappa shape index (κ2) is 6.68. The summed E-state index contributed by atoms with van der Waals surface area (Å²) in [5.41, 5.74) is 0. The van der Waals surface area contributed by atoms with Crippen LogP contribution in [0.25, 0.3) is 0 Å². The molecule has 1 N–H and O–H groups in total. The van der Waals surface area contributed by atoms with Crippen LogP contribution in [0.4, 0.5) is 0 Å². The van der Waals surface area contributed by atoms with E-state index in [1.807, 2.05) is 0 Å². The Labute approximate surface area is 119 Å². The Balaban J connectivity index is 1.91. The van der Waals surface area contributed by atoms with Gasteiger partial charge in [-0.3, -0.25) is 9.80 Å². The molecule has 0 aromatic heterocycles. The van der Waals surface area contributed by atoms with E-state index in [2.05, 4.69) is 51.6 Å². The van der Waals surface area contributed by atoms with Gasteiger partial charge in [0.2, 0.25) is 0 Å². The SMILES string of the molecule is CC(C)C1CNCC2CN(CCI)CCN2C1. The number of piperazine rings is 1. The maximum absolute atomic E-state index is 3.67. The highest BCUT2D eigenvalue weighted by molar-refractivity contribution is 14.1. The summed E-state index contributed by atoms with van der Waals surface area (Å²) in [6, 6.07) is 0.746. The third-order valence-corrected chi connectivity index (χ3v) is 4.77. The molecule has 0 saturated carbocycles. The van der Waals surface area contributed by atoms with E-state index in [9.17, 15) is 0 Å². The zero-order valence-corrected chi connectivity index (χ0v) is 13.3. The van der Waals surface area contributed by atoms with Gasteiger partial charge in [0.25, 0.3) is 0 Å². The molecule has 0 radical (unpaired) electrons. The number of nitrogens with one attached hydrogen (secondary N) is 1.